The molecule has 3 aliphatic heterocycles. The fourth-order valence-corrected chi connectivity index (χ4v) is 5.61. The predicted octanol–water partition coefficient (Wildman–Crippen LogP) is 1.21. The topological polar surface area (TPSA) is 108 Å². The number of ether oxygens (including phenoxy) is 1. The van der Waals surface area contributed by atoms with Crippen molar-refractivity contribution in [1.82, 2.24) is 19.6 Å². The molecule has 0 bridgehead atoms. The van der Waals surface area contributed by atoms with Gasteiger partial charge in [0, 0.05) is 45.2 Å². The second-order valence-electron chi connectivity index (χ2n) is 9.75. The van der Waals surface area contributed by atoms with Crippen LogP contribution in [0.4, 0.5) is 4.79 Å². The summed E-state index contributed by atoms with van der Waals surface area (Å²) in [5.74, 6) is -0.996. The molecular formula is C25H30N4O6. The maximum atomic E-state index is 13.1. The number of fused-ring (bicyclic) bond motifs is 1. The molecule has 4 aliphatic rings. The average Bonchev–Trinajstić information content (AvgIpc) is 3.53. The summed E-state index contributed by atoms with van der Waals surface area (Å²) in [6.45, 7) is 4.85. The molecule has 0 radical (unpaired) electrons. The lowest BCUT2D eigenvalue weighted by Gasteiger charge is -2.36. The Balaban J connectivity index is 1.10. The molecule has 1 saturated carbocycles. The molecule has 1 aromatic carbocycles. The Morgan fingerprint density at radius 3 is 2.03 bits per heavy atom. The Morgan fingerprint density at radius 1 is 0.886 bits per heavy atom. The van der Waals surface area contributed by atoms with Gasteiger partial charge in [-0.3, -0.25) is 24.1 Å². The van der Waals surface area contributed by atoms with E-state index in [0.717, 1.165) is 24.2 Å². The third-order valence-electron chi connectivity index (χ3n) is 7.89. The molecule has 5 amide bonds. The van der Waals surface area contributed by atoms with Crippen LogP contribution in [-0.2, 0) is 14.3 Å². The van der Waals surface area contributed by atoms with Gasteiger partial charge in [-0.15, -0.1) is 0 Å². The molecule has 0 N–H and O–H groups in total. The highest BCUT2D eigenvalue weighted by atomic mass is 16.6. The van der Waals surface area contributed by atoms with Crippen molar-refractivity contribution in [2.24, 2.45) is 11.3 Å². The first kappa shape index (κ1) is 23.3. The lowest BCUT2D eigenvalue weighted by atomic mass is 9.90. The maximum Gasteiger partial charge on any atom is 0.409 e. The number of likely N-dealkylation sites (tertiary alicyclic amines) is 1. The molecule has 2 saturated heterocycles. The van der Waals surface area contributed by atoms with E-state index in [-0.39, 0.29) is 35.8 Å². The molecule has 1 aliphatic carbocycles. The van der Waals surface area contributed by atoms with E-state index in [1.807, 2.05) is 4.90 Å². The van der Waals surface area contributed by atoms with Crippen LogP contribution in [0.25, 0.3) is 0 Å². The van der Waals surface area contributed by atoms with Crippen LogP contribution in [0.2, 0.25) is 0 Å². The van der Waals surface area contributed by atoms with Crippen LogP contribution in [-0.4, -0.2) is 102 Å². The highest BCUT2D eigenvalue weighted by Gasteiger charge is 2.59. The van der Waals surface area contributed by atoms with E-state index in [9.17, 15) is 24.0 Å². The van der Waals surface area contributed by atoms with Crippen molar-refractivity contribution >= 4 is 29.7 Å². The first-order valence-corrected chi connectivity index (χ1v) is 12.3. The number of hydrogen-bond donors (Lipinski definition) is 0. The molecule has 1 aromatic rings. The molecule has 10 heteroatoms. The number of carbonyl (C=O) groups excluding carboxylic acids is 5. The summed E-state index contributed by atoms with van der Waals surface area (Å²) < 4.78 is 5.04. The molecule has 5 rings (SSSR count). The van der Waals surface area contributed by atoms with Gasteiger partial charge < -0.3 is 19.4 Å². The number of carbonyl (C=O) groups is 5. The van der Waals surface area contributed by atoms with Crippen LogP contribution in [0, 0.1) is 11.3 Å². The van der Waals surface area contributed by atoms with Gasteiger partial charge in [0.15, 0.2) is 0 Å². The Morgan fingerprint density at radius 2 is 1.46 bits per heavy atom. The van der Waals surface area contributed by atoms with Gasteiger partial charge >= 0.3 is 6.09 Å². The second-order valence-corrected chi connectivity index (χ2v) is 9.75. The molecule has 3 heterocycles. The summed E-state index contributed by atoms with van der Waals surface area (Å²) in [5.41, 5.74) is 0.609. The predicted molar refractivity (Wildman–Crippen MR) is 123 cm³/mol. The van der Waals surface area contributed by atoms with E-state index in [4.69, 9.17) is 4.74 Å². The van der Waals surface area contributed by atoms with Crippen LogP contribution in [0.3, 0.4) is 0 Å². The number of nitrogens with zero attached hydrogens (tertiary/aromatic N) is 4. The Kier molecular flexibility index (Phi) is 5.98. The zero-order chi connectivity index (χ0) is 24.7. The summed E-state index contributed by atoms with van der Waals surface area (Å²) in [6, 6.07) is 6.61. The van der Waals surface area contributed by atoms with E-state index in [1.54, 1.807) is 41.0 Å². The largest absolute Gasteiger partial charge is 0.450 e. The zero-order valence-corrected chi connectivity index (χ0v) is 19.9. The fourth-order valence-electron chi connectivity index (χ4n) is 5.61. The van der Waals surface area contributed by atoms with Crippen molar-refractivity contribution in [2.45, 2.75) is 26.2 Å². The Labute approximate surface area is 203 Å². The molecule has 0 unspecified atom stereocenters. The quantitative estimate of drug-likeness (QED) is 0.597. The minimum atomic E-state index is -0.427. The van der Waals surface area contributed by atoms with Crippen LogP contribution < -0.4 is 0 Å². The molecule has 3 fully saturated rings. The van der Waals surface area contributed by atoms with Crippen molar-refractivity contribution in [2.75, 3.05) is 52.4 Å². The summed E-state index contributed by atoms with van der Waals surface area (Å²) in [5, 5.41) is 0. The summed E-state index contributed by atoms with van der Waals surface area (Å²) in [6.07, 6.45) is 1.96. The first-order chi connectivity index (χ1) is 16.8. The van der Waals surface area contributed by atoms with E-state index in [0.29, 0.717) is 57.0 Å². The van der Waals surface area contributed by atoms with Gasteiger partial charge in [0.05, 0.1) is 17.7 Å². The third-order valence-corrected chi connectivity index (χ3v) is 7.89. The number of amides is 5. The normalized spacial score (nSPS) is 22.9. The van der Waals surface area contributed by atoms with Gasteiger partial charge in [0.25, 0.3) is 11.8 Å². The summed E-state index contributed by atoms with van der Waals surface area (Å²) >= 11 is 0. The van der Waals surface area contributed by atoms with Gasteiger partial charge in [-0.05, 0) is 43.7 Å². The van der Waals surface area contributed by atoms with Crippen LogP contribution in [0.15, 0.2) is 24.3 Å². The molecule has 35 heavy (non-hydrogen) atoms. The van der Waals surface area contributed by atoms with Gasteiger partial charge in [-0.2, -0.15) is 0 Å². The number of piperazine rings is 1. The summed E-state index contributed by atoms with van der Waals surface area (Å²) in [7, 11) is 0. The lowest BCUT2D eigenvalue weighted by molar-refractivity contribution is -0.136. The Hall–Kier alpha value is -3.43. The number of piperidine rings is 1. The van der Waals surface area contributed by atoms with Gasteiger partial charge in [0.2, 0.25) is 11.8 Å². The Bertz CT molecular complexity index is 1040. The lowest BCUT2D eigenvalue weighted by Crippen LogP contribution is -2.51. The molecule has 186 valence electrons. The van der Waals surface area contributed by atoms with Crippen LogP contribution in [0.1, 0.15) is 46.9 Å². The summed E-state index contributed by atoms with van der Waals surface area (Å²) in [4.78, 5) is 69.2. The zero-order valence-electron chi connectivity index (χ0n) is 19.9. The minimum Gasteiger partial charge on any atom is -0.450 e. The van der Waals surface area contributed by atoms with Crippen molar-refractivity contribution in [3.05, 3.63) is 35.4 Å². The standard InChI is InChI=1S/C25H30N4O6/c1-2-35-24(34)28-13-11-27(12-14-28)23(33)19-15-25(19)7-9-26(10-8-25)20(30)16-29-21(31)17-5-3-4-6-18(17)22(29)32/h3-6,19H,2,7-16H2,1H3/t19-/m1/s1. The highest BCUT2D eigenvalue weighted by molar-refractivity contribution is 6.22. The van der Waals surface area contributed by atoms with Crippen molar-refractivity contribution in [1.29, 1.82) is 0 Å². The minimum absolute atomic E-state index is 0.0369. The van der Waals surface area contributed by atoms with Gasteiger partial charge in [0.1, 0.15) is 6.54 Å². The SMILES string of the molecule is CCOC(=O)N1CCN(C(=O)[C@H]2CC23CCN(C(=O)CN2C(=O)c4ccccc4C2=O)CC3)CC1. The molecule has 1 atom stereocenters. The van der Waals surface area contributed by atoms with E-state index in [1.165, 1.54) is 0 Å². The first-order valence-electron chi connectivity index (χ1n) is 12.3. The van der Waals surface area contributed by atoms with Gasteiger partial charge in [-0.1, -0.05) is 12.1 Å². The monoisotopic (exact) mass is 482 g/mol. The number of hydrogen-bond acceptors (Lipinski definition) is 6. The van der Waals surface area contributed by atoms with Crippen molar-refractivity contribution in [3.8, 4) is 0 Å². The van der Waals surface area contributed by atoms with Crippen molar-refractivity contribution in [3.63, 3.8) is 0 Å². The van der Waals surface area contributed by atoms with E-state index < -0.39 is 11.8 Å². The second kappa shape index (κ2) is 8.98. The van der Waals surface area contributed by atoms with E-state index >= 15 is 0 Å². The third kappa shape index (κ3) is 4.15. The van der Waals surface area contributed by atoms with E-state index in [2.05, 4.69) is 0 Å². The number of benzene rings is 1. The van der Waals surface area contributed by atoms with Gasteiger partial charge in [-0.25, -0.2) is 4.79 Å². The van der Waals surface area contributed by atoms with Crippen LogP contribution in [0.5, 0.6) is 0 Å². The van der Waals surface area contributed by atoms with Crippen LogP contribution >= 0.6 is 0 Å². The molecule has 10 nitrogen and oxygen atoms in total. The smallest absolute Gasteiger partial charge is 0.409 e. The fraction of sp³-hybridized carbons (Fsp3) is 0.560. The molecule has 0 aromatic heterocycles. The molecular weight excluding hydrogens is 452 g/mol. The maximum absolute atomic E-state index is 13.1. The van der Waals surface area contributed by atoms with Crippen molar-refractivity contribution < 1.29 is 28.7 Å². The number of imide groups is 1. The molecule has 1 spiro atoms. The highest BCUT2D eigenvalue weighted by Crippen LogP contribution is 2.60. The number of rotatable bonds is 4. The average molecular weight is 483 g/mol.